The smallest absolute Gasteiger partial charge is 0.266 e. The highest BCUT2D eigenvalue weighted by molar-refractivity contribution is 7.22. The van der Waals surface area contributed by atoms with Crippen LogP contribution in [0, 0.1) is 6.92 Å². The fourth-order valence-electron chi connectivity index (χ4n) is 4.46. The maximum atomic E-state index is 13.5. The van der Waals surface area contributed by atoms with Crippen molar-refractivity contribution in [3.63, 3.8) is 0 Å². The summed E-state index contributed by atoms with van der Waals surface area (Å²) in [7, 11) is 1.64. The van der Waals surface area contributed by atoms with E-state index in [0.717, 1.165) is 65.8 Å². The molecule has 0 atom stereocenters. The standard InChI is InChI=1S/C28H31N3O4S.ClH/c1-20-8-11-24(33-2)26-27(20)36-28(29-26)31(13-5-12-30-14-16-34-17-15-30)25(32)19-35-23-10-9-21-6-3-4-7-22(21)18-23;/h3-4,6-11,18H,5,12-17,19H2,1-2H3;1H. The molecule has 1 saturated heterocycles. The SMILES string of the molecule is COc1ccc(C)c2sc(N(CCCN3CCOCC3)C(=O)COc3ccc4ccccc4c3)nc12.Cl. The lowest BCUT2D eigenvalue weighted by atomic mass is 10.1. The van der Waals surface area contributed by atoms with Crippen LogP contribution in [0.1, 0.15) is 12.0 Å². The maximum Gasteiger partial charge on any atom is 0.266 e. The van der Waals surface area contributed by atoms with E-state index in [4.69, 9.17) is 19.2 Å². The summed E-state index contributed by atoms with van der Waals surface area (Å²) in [6, 6.07) is 17.9. The lowest BCUT2D eigenvalue weighted by Gasteiger charge is -2.27. The van der Waals surface area contributed by atoms with Crippen LogP contribution >= 0.6 is 23.7 Å². The normalized spacial score (nSPS) is 13.9. The Morgan fingerprint density at radius 2 is 1.89 bits per heavy atom. The summed E-state index contributed by atoms with van der Waals surface area (Å²) in [5.41, 5.74) is 1.90. The molecule has 4 aromatic rings. The van der Waals surface area contributed by atoms with Gasteiger partial charge in [0.05, 0.1) is 25.0 Å². The van der Waals surface area contributed by atoms with Crippen LogP contribution in [0.2, 0.25) is 0 Å². The number of aromatic nitrogens is 1. The Labute approximate surface area is 227 Å². The van der Waals surface area contributed by atoms with Crippen LogP contribution < -0.4 is 14.4 Å². The number of morpholine rings is 1. The van der Waals surface area contributed by atoms with Crippen molar-refractivity contribution < 1.29 is 19.0 Å². The molecule has 0 N–H and O–H groups in total. The minimum absolute atomic E-state index is 0. The monoisotopic (exact) mass is 541 g/mol. The molecule has 0 aliphatic carbocycles. The van der Waals surface area contributed by atoms with E-state index in [9.17, 15) is 4.79 Å². The predicted molar refractivity (Wildman–Crippen MR) is 152 cm³/mol. The van der Waals surface area contributed by atoms with Crippen LogP contribution in [0.3, 0.4) is 0 Å². The van der Waals surface area contributed by atoms with Gasteiger partial charge in [-0.15, -0.1) is 12.4 Å². The van der Waals surface area contributed by atoms with Crippen molar-refractivity contribution in [1.29, 1.82) is 0 Å². The van der Waals surface area contributed by atoms with E-state index in [1.165, 1.54) is 11.3 Å². The summed E-state index contributed by atoms with van der Waals surface area (Å²) >= 11 is 1.52. The van der Waals surface area contributed by atoms with Crippen LogP contribution in [0.25, 0.3) is 21.0 Å². The zero-order valence-corrected chi connectivity index (χ0v) is 22.8. The molecule has 0 radical (unpaired) electrons. The highest BCUT2D eigenvalue weighted by atomic mass is 35.5. The Morgan fingerprint density at radius 3 is 2.68 bits per heavy atom. The van der Waals surface area contributed by atoms with E-state index in [0.29, 0.717) is 23.2 Å². The van der Waals surface area contributed by atoms with Crippen molar-refractivity contribution in [2.75, 3.05) is 58.0 Å². The molecule has 196 valence electrons. The molecular weight excluding hydrogens is 510 g/mol. The first-order chi connectivity index (χ1) is 17.6. The predicted octanol–water partition coefficient (Wildman–Crippen LogP) is 5.32. The van der Waals surface area contributed by atoms with E-state index in [1.807, 2.05) is 48.5 Å². The number of nitrogens with zero attached hydrogens (tertiary/aromatic N) is 3. The summed E-state index contributed by atoms with van der Waals surface area (Å²) in [5, 5.41) is 2.89. The number of halogens is 1. The third kappa shape index (κ3) is 6.33. The molecule has 1 fully saturated rings. The number of thiazole rings is 1. The zero-order chi connectivity index (χ0) is 24.9. The van der Waals surface area contributed by atoms with Crippen LogP contribution in [0.5, 0.6) is 11.5 Å². The summed E-state index contributed by atoms with van der Waals surface area (Å²) in [4.78, 5) is 22.5. The minimum atomic E-state index is -0.110. The highest BCUT2D eigenvalue weighted by Gasteiger charge is 2.23. The molecule has 2 heterocycles. The fourth-order valence-corrected chi connectivity index (χ4v) is 5.56. The lowest BCUT2D eigenvalue weighted by Crippen LogP contribution is -2.40. The van der Waals surface area contributed by atoms with Gasteiger partial charge in [-0.2, -0.15) is 0 Å². The van der Waals surface area contributed by atoms with Crippen LogP contribution in [0.15, 0.2) is 54.6 Å². The lowest BCUT2D eigenvalue weighted by molar-refractivity contribution is -0.120. The minimum Gasteiger partial charge on any atom is -0.494 e. The Bertz CT molecular complexity index is 1360. The molecule has 0 saturated carbocycles. The third-order valence-corrected chi connectivity index (χ3v) is 7.70. The second-order valence-electron chi connectivity index (χ2n) is 8.91. The Kier molecular flexibility index (Phi) is 9.21. The van der Waals surface area contributed by atoms with Gasteiger partial charge in [0.1, 0.15) is 17.0 Å². The van der Waals surface area contributed by atoms with Crippen molar-refractivity contribution in [3.8, 4) is 11.5 Å². The van der Waals surface area contributed by atoms with Crippen molar-refractivity contribution in [1.82, 2.24) is 9.88 Å². The molecule has 37 heavy (non-hydrogen) atoms. The topological polar surface area (TPSA) is 64.1 Å². The molecule has 1 amide bonds. The van der Waals surface area contributed by atoms with Crippen LogP contribution in [0.4, 0.5) is 5.13 Å². The van der Waals surface area contributed by atoms with Gasteiger partial charge in [-0.3, -0.25) is 14.6 Å². The van der Waals surface area contributed by atoms with E-state index < -0.39 is 0 Å². The van der Waals surface area contributed by atoms with Gasteiger partial charge in [-0.05, 0) is 47.9 Å². The van der Waals surface area contributed by atoms with Crippen LogP contribution in [-0.4, -0.2) is 68.9 Å². The average Bonchev–Trinajstić information content (AvgIpc) is 3.36. The largest absolute Gasteiger partial charge is 0.494 e. The number of benzene rings is 3. The number of hydrogen-bond acceptors (Lipinski definition) is 7. The van der Waals surface area contributed by atoms with Gasteiger partial charge in [0.2, 0.25) is 0 Å². The van der Waals surface area contributed by atoms with E-state index in [-0.39, 0.29) is 24.9 Å². The number of hydrogen-bond donors (Lipinski definition) is 0. The first kappa shape index (κ1) is 27.1. The number of rotatable bonds is 9. The van der Waals surface area contributed by atoms with Gasteiger partial charge in [0, 0.05) is 26.2 Å². The summed E-state index contributed by atoms with van der Waals surface area (Å²) in [6.07, 6.45) is 0.841. The number of amides is 1. The maximum absolute atomic E-state index is 13.5. The van der Waals surface area contributed by atoms with Gasteiger partial charge < -0.3 is 14.2 Å². The Hall–Kier alpha value is -2.91. The van der Waals surface area contributed by atoms with E-state index in [2.05, 4.69) is 17.9 Å². The number of aryl methyl sites for hydroxylation is 1. The van der Waals surface area contributed by atoms with E-state index in [1.54, 1.807) is 12.0 Å². The number of fused-ring (bicyclic) bond motifs is 2. The van der Waals surface area contributed by atoms with Gasteiger partial charge in [0.25, 0.3) is 5.91 Å². The second kappa shape index (κ2) is 12.6. The molecule has 3 aromatic carbocycles. The number of anilines is 1. The fraction of sp³-hybridized carbons (Fsp3) is 0.357. The Morgan fingerprint density at radius 1 is 1.11 bits per heavy atom. The van der Waals surface area contributed by atoms with E-state index >= 15 is 0 Å². The molecule has 9 heteroatoms. The summed E-state index contributed by atoms with van der Waals surface area (Å²) < 4.78 is 18.0. The molecule has 1 aliphatic rings. The Balaban J connectivity index is 0.00000320. The number of ether oxygens (including phenoxy) is 3. The molecule has 1 aliphatic heterocycles. The molecule has 5 rings (SSSR count). The molecule has 1 aromatic heterocycles. The molecule has 0 spiro atoms. The van der Waals surface area contributed by atoms with Gasteiger partial charge in [0.15, 0.2) is 11.7 Å². The number of carbonyl (C=O) groups excluding carboxylic acids is 1. The number of methoxy groups -OCH3 is 1. The average molecular weight is 542 g/mol. The summed E-state index contributed by atoms with van der Waals surface area (Å²) in [6.45, 7) is 6.86. The molecular formula is C28H32ClN3O4S. The first-order valence-corrected chi connectivity index (χ1v) is 13.1. The first-order valence-electron chi connectivity index (χ1n) is 12.3. The summed E-state index contributed by atoms with van der Waals surface area (Å²) in [5.74, 6) is 1.28. The van der Waals surface area contributed by atoms with Crippen LogP contribution in [-0.2, 0) is 9.53 Å². The van der Waals surface area contributed by atoms with Gasteiger partial charge >= 0.3 is 0 Å². The second-order valence-corrected chi connectivity index (χ2v) is 9.89. The van der Waals surface area contributed by atoms with Gasteiger partial charge in [-0.25, -0.2) is 4.98 Å². The highest BCUT2D eigenvalue weighted by Crippen LogP contribution is 2.36. The van der Waals surface area contributed by atoms with Crippen molar-refractivity contribution in [3.05, 3.63) is 60.2 Å². The zero-order valence-electron chi connectivity index (χ0n) is 21.1. The quantitative estimate of drug-likeness (QED) is 0.286. The van der Waals surface area contributed by atoms with Crippen molar-refractivity contribution in [2.24, 2.45) is 0 Å². The molecule has 0 unspecified atom stereocenters. The third-order valence-electron chi connectivity index (χ3n) is 6.49. The van der Waals surface area contributed by atoms with Crippen molar-refractivity contribution >= 4 is 55.8 Å². The van der Waals surface area contributed by atoms with Crippen molar-refractivity contribution in [2.45, 2.75) is 13.3 Å². The molecule has 0 bridgehead atoms. The van der Waals surface area contributed by atoms with Gasteiger partial charge in [-0.1, -0.05) is 47.7 Å². The molecule has 7 nitrogen and oxygen atoms in total. The number of carbonyl (C=O) groups is 1.